The Morgan fingerprint density at radius 3 is 2.83 bits per heavy atom. The molecule has 0 fully saturated rings. The third kappa shape index (κ3) is 4.03. The Hall–Kier alpha value is -3.50. The maximum atomic E-state index is 13.5. The Bertz CT molecular complexity index is 1240. The zero-order chi connectivity index (χ0) is 20.4. The number of amides is 1. The first-order valence-corrected chi connectivity index (χ1v) is 9.93. The minimum absolute atomic E-state index is 0.0907. The number of anilines is 1. The van der Waals surface area contributed by atoms with E-state index in [4.69, 9.17) is 0 Å². The molecule has 2 aromatic heterocycles. The van der Waals surface area contributed by atoms with E-state index in [-0.39, 0.29) is 16.4 Å². The average molecular weight is 426 g/mol. The van der Waals surface area contributed by atoms with Crippen LogP contribution in [0.5, 0.6) is 0 Å². The molecule has 4 rings (SSSR count). The van der Waals surface area contributed by atoms with Gasteiger partial charge >= 0.3 is 0 Å². The number of benzene rings is 2. The van der Waals surface area contributed by atoms with Gasteiger partial charge in [0, 0.05) is 22.6 Å². The molecule has 0 bridgehead atoms. The number of nitro groups is 1. The third-order valence-corrected chi connectivity index (χ3v) is 5.66. The molecule has 29 heavy (non-hydrogen) atoms. The first-order chi connectivity index (χ1) is 14.0. The molecule has 0 spiro atoms. The summed E-state index contributed by atoms with van der Waals surface area (Å²) in [6.45, 7) is 0. The van der Waals surface area contributed by atoms with Crippen LogP contribution in [-0.2, 0) is 0 Å². The molecule has 0 N–H and O–H groups in total. The largest absolute Gasteiger partial charge is 0.281 e. The Balaban J connectivity index is 1.77. The Labute approximate surface area is 171 Å². The predicted molar refractivity (Wildman–Crippen MR) is 111 cm³/mol. The number of nitrogens with zero attached hydrogens (tertiary/aromatic N) is 4. The van der Waals surface area contributed by atoms with E-state index >= 15 is 0 Å². The predicted octanol–water partition coefficient (Wildman–Crippen LogP) is 5.09. The second kappa shape index (κ2) is 7.86. The van der Waals surface area contributed by atoms with Crippen molar-refractivity contribution in [2.24, 2.45) is 5.10 Å². The van der Waals surface area contributed by atoms with Crippen molar-refractivity contribution in [1.82, 2.24) is 4.98 Å². The highest BCUT2D eigenvalue weighted by atomic mass is 32.1. The van der Waals surface area contributed by atoms with Gasteiger partial charge in [0.05, 0.1) is 21.4 Å². The first-order valence-electron chi connectivity index (χ1n) is 8.24. The van der Waals surface area contributed by atoms with E-state index in [1.165, 1.54) is 60.0 Å². The summed E-state index contributed by atoms with van der Waals surface area (Å²) >= 11 is 2.54. The van der Waals surface area contributed by atoms with Crippen LogP contribution in [0.2, 0.25) is 0 Å². The number of non-ortho nitro benzene ring substituents is 1. The topological polar surface area (TPSA) is 88.7 Å². The zero-order valence-corrected chi connectivity index (χ0v) is 16.2. The van der Waals surface area contributed by atoms with Crippen molar-refractivity contribution in [3.63, 3.8) is 0 Å². The minimum Gasteiger partial charge on any atom is -0.267 e. The van der Waals surface area contributed by atoms with Crippen molar-refractivity contribution < 1.29 is 14.1 Å². The summed E-state index contributed by atoms with van der Waals surface area (Å²) in [6, 6.07) is 13.2. The van der Waals surface area contributed by atoms with E-state index in [1.807, 2.05) is 17.5 Å². The number of halogens is 1. The van der Waals surface area contributed by atoms with Gasteiger partial charge in [-0.25, -0.2) is 9.37 Å². The second-order valence-corrected chi connectivity index (χ2v) is 7.78. The summed E-state index contributed by atoms with van der Waals surface area (Å²) in [5.41, 5.74) is 0.409. The molecule has 0 aliphatic carbocycles. The lowest BCUT2D eigenvalue weighted by molar-refractivity contribution is -0.384. The van der Waals surface area contributed by atoms with Gasteiger partial charge < -0.3 is 0 Å². The van der Waals surface area contributed by atoms with Crippen LogP contribution in [0.25, 0.3) is 10.2 Å². The van der Waals surface area contributed by atoms with Crippen LogP contribution in [-0.4, -0.2) is 22.0 Å². The molecule has 0 saturated carbocycles. The van der Waals surface area contributed by atoms with Crippen LogP contribution in [0, 0.1) is 15.9 Å². The molecule has 0 saturated heterocycles. The lowest BCUT2D eigenvalue weighted by Gasteiger charge is -2.13. The van der Waals surface area contributed by atoms with Crippen LogP contribution < -0.4 is 5.01 Å². The molecule has 0 unspecified atom stereocenters. The van der Waals surface area contributed by atoms with Crippen molar-refractivity contribution >= 4 is 55.8 Å². The highest BCUT2D eigenvalue weighted by Crippen LogP contribution is 2.31. The number of hydrogen-bond acceptors (Lipinski definition) is 7. The number of aromatic nitrogens is 1. The fraction of sp³-hybridized carbons (Fsp3) is 0. The number of carbonyl (C=O) groups is 1. The number of thiazole rings is 1. The summed E-state index contributed by atoms with van der Waals surface area (Å²) < 4.78 is 14.1. The quantitative estimate of drug-likeness (QED) is 0.253. The van der Waals surface area contributed by atoms with Gasteiger partial charge in [-0.3, -0.25) is 14.9 Å². The van der Waals surface area contributed by atoms with Gasteiger partial charge in [0.2, 0.25) is 5.13 Å². The zero-order valence-electron chi connectivity index (χ0n) is 14.6. The van der Waals surface area contributed by atoms with E-state index < -0.39 is 16.6 Å². The summed E-state index contributed by atoms with van der Waals surface area (Å²) in [4.78, 5) is 28.8. The summed E-state index contributed by atoms with van der Waals surface area (Å²) in [5, 5.41) is 18.5. The fourth-order valence-electron chi connectivity index (χ4n) is 2.52. The summed E-state index contributed by atoms with van der Waals surface area (Å²) in [6.07, 6.45) is 1.51. The van der Waals surface area contributed by atoms with Gasteiger partial charge in [0.1, 0.15) is 5.82 Å². The van der Waals surface area contributed by atoms with E-state index in [1.54, 1.807) is 0 Å². The number of carbonyl (C=O) groups excluding carboxylic acids is 1. The molecule has 7 nitrogen and oxygen atoms in total. The second-order valence-electron chi connectivity index (χ2n) is 5.79. The standard InChI is InChI=1S/C19H11FN4O3S2/c20-13-6-7-16-17(10-13)29-19(22-16)23(21-11-15-5-2-8-28-15)18(25)12-3-1-4-14(9-12)24(26)27/h1-11H/b21-11+. The normalized spacial score (nSPS) is 11.2. The number of fused-ring (bicyclic) bond motifs is 1. The molecular weight excluding hydrogens is 415 g/mol. The highest BCUT2D eigenvalue weighted by molar-refractivity contribution is 7.22. The van der Waals surface area contributed by atoms with Crippen LogP contribution in [0.3, 0.4) is 0 Å². The lowest BCUT2D eigenvalue weighted by Crippen LogP contribution is -2.25. The van der Waals surface area contributed by atoms with Crippen molar-refractivity contribution in [3.05, 3.63) is 86.3 Å². The maximum Gasteiger partial charge on any atom is 0.281 e. The minimum atomic E-state index is -0.582. The first kappa shape index (κ1) is 18.8. The van der Waals surface area contributed by atoms with Crippen molar-refractivity contribution in [3.8, 4) is 0 Å². The molecule has 10 heteroatoms. The van der Waals surface area contributed by atoms with Crippen molar-refractivity contribution in [1.29, 1.82) is 0 Å². The number of rotatable bonds is 5. The van der Waals surface area contributed by atoms with Gasteiger partial charge in [-0.2, -0.15) is 10.1 Å². The number of nitro benzene ring substituents is 1. The average Bonchev–Trinajstić information content (AvgIpc) is 3.37. The van der Waals surface area contributed by atoms with E-state index in [0.29, 0.717) is 10.2 Å². The lowest BCUT2D eigenvalue weighted by atomic mass is 10.2. The molecule has 0 aliphatic rings. The Morgan fingerprint density at radius 1 is 1.21 bits per heavy atom. The molecule has 2 heterocycles. The molecule has 0 radical (unpaired) electrons. The van der Waals surface area contributed by atoms with Crippen LogP contribution in [0.1, 0.15) is 15.2 Å². The number of hydrogen-bond donors (Lipinski definition) is 0. The van der Waals surface area contributed by atoms with Gasteiger partial charge in [0.15, 0.2) is 0 Å². The molecular formula is C19H11FN4O3S2. The molecule has 1 amide bonds. The van der Waals surface area contributed by atoms with Crippen LogP contribution >= 0.6 is 22.7 Å². The van der Waals surface area contributed by atoms with E-state index in [2.05, 4.69) is 10.1 Å². The van der Waals surface area contributed by atoms with Gasteiger partial charge in [-0.15, -0.1) is 11.3 Å². The van der Waals surface area contributed by atoms with Crippen molar-refractivity contribution in [2.75, 3.05) is 5.01 Å². The van der Waals surface area contributed by atoms with Crippen molar-refractivity contribution in [2.45, 2.75) is 0 Å². The Morgan fingerprint density at radius 2 is 2.07 bits per heavy atom. The number of hydrazone groups is 1. The summed E-state index contributed by atoms with van der Waals surface area (Å²) in [5.74, 6) is -0.993. The van der Waals surface area contributed by atoms with E-state index in [0.717, 1.165) is 21.2 Å². The maximum absolute atomic E-state index is 13.5. The molecule has 2 aromatic carbocycles. The fourth-order valence-corrected chi connectivity index (χ4v) is 4.05. The molecule has 0 aliphatic heterocycles. The van der Waals surface area contributed by atoms with Crippen LogP contribution in [0.15, 0.2) is 65.1 Å². The van der Waals surface area contributed by atoms with Crippen LogP contribution in [0.4, 0.5) is 15.2 Å². The van der Waals surface area contributed by atoms with Gasteiger partial charge in [-0.1, -0.05) is 23.5 Å². The third-order valence-electron chi connectivity index (χ3n) is 3.86. The molecule has 4 aromatic rings. The van der Waals surface area contributed by atoms with E-state index in [9.17, 15) is 19.3 Å². The van der Waals surface area contributed by atoms with Gasteiger partial charge in [-0.05, 0) is 35.7 Å². The Kier molecular flexibility index (Phi) is 5.10. The highest BCUT2D eigenvalue weighted by Gasteiger charge is 2.23. The smallest absolute Gasteiger partial charge is 0.267 e. The monoisotopic (exact) mass is 426 g/mol. The summed E-state index contributed by atoms with van der Waals surface area (Å²) in [7, 11) is 0. The number of thiophene rings is 1. The molecule has 144 valence electrons. The van der Waals surface area contributed by atoms with Gasteiger partial charge in [0.25, 0.3) is 11.6 Å². The molecule has 0 atom stereocenters. The SMILES string of the molecule is O=C(c1cccc([N+](=O)[O-])c1)N(/N=C/c1cccs1)c1nc2ccc(F)cc2s1.